The summed E-state index contributed by atoms with van der Waals surface area (Å²) in [5.74, 6) is 0.0457. The fourth-order valence-corrected chi connectivity index (χ4v) is 5.50. The van der Waals surface area contributed by atoms with Gasteiger partial charge < -0.3 is 18.4 Å². The van der Waals surface area contributed by atoms with Gasteiger partial charge >= 0.3 is 7.32 Å². The molecule has 0 radical (unpaired) electrons. The number of halogens is 2. The van der Waals surface area contributed by atoms with Gasteiger partial charge in [0.05, 0.1) is 25.2 Å². The van der Waals surface area contributed by atoms with Crippen molar-refractivity contribution in [3.63, 3.8) is 0 Å². The van der Waals surface area contributed by atoms with E-state index in [1.807, 2.05) is 0 Å². The Kier molecular flexibility index (Phi) is 14.0. The van der Waals surface area contributed by atoms with Gasteiger partial charge in [-0.3, -0.25) is 0 Å². The number of nitrogens with zero attached hydrogens (tertiary/aromatic N) is 1. The number of benzene rings is 2. The Morgan fingerprint density at radius 1 is 0.784 bits per heavy atom. The minimum Gasteiger partial charge on any atom is -0.501 e. The lowest BCUT2D eigenvalue weighted by Gasteiger charge is -2.45. The van der Waals surface area contributed by atoms with Gasteiger partial charge in [-0.2, -0.15) is 0 Å². The van der Waals surface area contributed by atoms with Crippen LogP contribution < -0.4 is 9.31 Å². The molecule has 2 aromatic carbocycles. The maximum Gasteiger partial charge on any atom is 0.788 e. The van der Waals surface area contributed by atoms with Gasteiger partial charge in [-0.05, 0) is 49.9 Å². The van der Waals surface area contributed by atoms with Gasteiger partial charge in [0.1, 0.15) is 29.2 Å². The minimum absolute atomic E-state index is 0.0598. The molecule has 206 valence electrons. The van der Waals surface area contributed by atoms with Crippen molar-refractivity contribution in [2.24, 2.45) is 0 Å². The summed E-state index contributed by atoms with van der Waals surface area (Å²) in [6.45, 7) is 14.2. The molecule has 0 saturated carbocycles. The SMILES string of the molecule is CCCCCCOB(Oc1cccc(F)c1)Oc1cccc(F)c1C(CC)[N+](CCC)(CCC)CCC. The molecule has 1 unspecified atom stereocenters. The Bertz CT molecular complexity index is 897. The van der Waals surface area contributed by atoms with E-state index < -0.39 is 13.1 Å². The van der Waals surface area contributed by atoms with Gasteiger partial charge in [-0.15, -0.1) is 0 Å². The first-order valence-electron chi connectivity index (χ1n) is 14.3. The third-order valence-corrected chi connectivity index (χ3v) is 6.90. The molecule has 4 nitrogen and oxygen atoms in total. The van der Waals surface area contributed by atoms with E-state index in [2.05, 4.69) is 34.6 Å². The van der Waals surface area contributed by atoms with Crippen LogP contribution in [0.1, 0.15) is 97.6 Å². The Balaban J connectivity index is 2.43. The Hall–Kier alpha value is -2.12. The van der Waals surface area contributed by atoms with Crippen LogP contribution in [0.4, 0.5) is 8.78 Å². The lowest BCUT2D eigenvalue weighted by atomic mass is 9.96. The summed E-state index contributed by atoms with van der Waals surface area (Å²) in [6, 6.07) is 10.8. The van der Waals surface area contributed by atoms with Gasteiger partial charge in [-0.25, -0.2) is 8.78 Å². The topological polar surface area (TPSA) is 27.7 Å². The van der Waals surface area contributed by atoms with Crippen molar-refractivity contribution in [1.82, 2.24) is 0 Å². The van der Waals surface area contributed by atoms with E-state index in [0.717, 1.165) is 75.5 Å². The lowest BCUT2D eigenvalue weighted by Crippen LogP contribution is -2.52. The molecule has 2 rings (SSSR count). The van der Waals surface area contributed by atoms with Crippen LogP contribution in [0.5, 0.6) is 11.5 Å². The predicted octanol–water partition coefficient (Wildman–Crippen LogP) is 8.50. The summed E-state index contributed by atoms with van der Waals surface area (Å²) in [4.78, 5) is 0. The highest BCUT2D eigenvalue weighted by atomic mass is 19.1. The number of unbranched alkanes of at least 4 members (excludes halogenated alkanes) is 3. The van der Waals surface area contributed by atoms with Crippen LogP contribution in [0.15, 0.2) is 42.5 Å². The molecule has 7 heteroatoms. The molecule has 0 aromatic heterocycles. The smallest absolute Gasteiger partial charge is 0.501 e. The van der Waals surface area contributed by atoms with Crippen molar-refractivity contribution in [1.29, 1.82) is 0 Å². The van der Waals surface area contributed by atoms with Crippen molar-refractivity contribution >= 4 is 7.32 Å². The van der Waals surface area contributed by atoms with Crippen LogP contribution in [0.25, 0.3) is 0 Å². The molecule has 0 N–H and O–H groups in total. The van der Waals surface area contributed by atoms with Crippen LogP contribution in [-0.4, -0.2) is 38.0 Å². The Morgan fingerprint density at radius 3 is 2.05 bits per heavy atom. The van der Waals surface area contributed by atoms with Crippen LogP contribution in [0.2, 0.25) is 0 Å². The van der Waals surface area contributed by atoms with Crippen molar-refractivity contribution in [2.75, 3.05) is 26.2 Å². The van der Waals surface area contributed by atoms with Crippen LogP contribution in [-0.2, 0) is 4.65 Å². The van der Waals surface area contributed by atoms with E-state index in [0.29, 0.717) is 23.7 Å². The van der Waals surface area contributed by atoms with Crippen LogP contribution in [0.3, 0.4) is 0 Å². The summed E-state index contributed by atoms with van der Waals surface area (Å²) in [5, 5.41) is 0. The van der Waals surface area contributed by atoms with Gasteiger partial charge in [-0.1, -0.05) is 66.0 Å². The van der Waals surface area contributed by atoms with E-state index in [-0.39, 0.29) is 11.9 Å². The molecule has 0 aliphatic carbocycles. The third-order valence-electron chi connectivity index (χ3n) is 6.90. The number of hydrogen-bond donors (Lipinski definition) is 0. The van der Waals surface area contributed by atoms with Crippen molar-refractivity contribution in [3.05, 3.63) is 59.7 Å². The van der Waals surface area contributed by atoms with Gasteiger partial charge in [0.2, 0.25) is 0 Å². The standard InChI is InChI=1S/C30H47BF2NO3/c1-6-11-12-13-23-35-31(36-26-17-14-16-25(32)24-26)37-29-19-15-18-27(33)30(29)28(10-5)34(20-7-2,21-8-3)22-9-4/h14-19,24,28H,6-13,20-23H2,1-5H3/q+1. The summed E-state index contributed by atoms with van der Waals surface area (Å²) in [6.07, 6.45) is 7.99. The van der Waals surface area contributed by atoms with Gasteiger partial charge in [0.15, 0.2) is 0 Å². The summed E-state index contributed by atoms with van der Waals surface area (Å²) in [5.41, 5.74) is 0.572. The minimum atomic E-state index is -1.12. The second kappa shape index (κ2) is 16.7. The van der Waals surface area contributed by atoms with E-state index in [4.69, 9.17) is 14.0 Å². The average molecular weight is 519 g/mol. The third kappa shape index (κ3) is 9.29. The molecular weight excluding hydrogens is 471 g/mol. The van der Waals surface area contributed by atoms with Crippen molar-refractivity contribution in [3.8, 4) is 11.5 Å². The molecule has 0 bridgehead atoms. The molecule has 0 spiro atoms. The fourth-order valence-electron chi connectivity index (χ4n) is 5.50. The molecule has 0 saturated heterocycles. The van der Waals surface area contributed by atoms with E-state index in [1.54, 1.807) is 24.3 Å². The average Bonchev–Trinajstić information content (AvgIpc) is 2.86. The zero-order valence-electron chi connectivity index (χ0n) is 23.6. The lowest BCUT2D eigenvalue weighted by molar-refractivity contribution is -0.957. The number of hydrogen-bond acceptors (Lipinski definition) is 3. The molecule has 0 amide bonds. The second-order valence-corrected chi connectivity index (χ2v) is 9.88. The molecule has 2 aromatic rings. The second-order valence-electron chi connectivity index (χ2n) is 9.88. The van der Waals surface area contributed by atoms with Gasteiger partial charge in [0, 0.05) is 19.1 Å². The molecule has 37 heavy (non-hydrogen) atoms. The van der Waals surface area contributed by atoms with Gasteiger partial charge in [0.25, 0.3) is 0 Å². The Morgan fingerprint density at radius 2 is 1.46 bits per heavy atom. The number of quaternary nitrogens is 1. The monoisotopic (exact) mass is 518 g/mol. The van der Waals surface area contributed by atoms with E-state index in [1.165, 1.54) is 18.2 Å². The van der Waals surface area contributed by atoms with E-state index in [9.17, 15) is 4.39 Å². The van der Waals surface area contributed by atoms with Crippen LogP contribution in [0, 0.1) is 11.6 Å². The molecule has 1 atom stereocenters. The maximum absolute atomic E-state index is 15.6. The first-order valence-corrected chi connectivity index (χ1v) is 14.3. The highest BCUT2D eigenvalue weighted by Crippen LogP contribution is 2.40. The zero-order chi connectivity index (χ0) is 27.1. The van der Waals surface area contributed by atoms with Crippen molar-refractivity contribution in [2.45, 2.75) is 92.0 Å². The van der Waals surface area contributed by atoms with E-state index >= 15 is 4.39 Å². The highest BCUT2D eigenvalue weighted by Gasteiger charge is 2.40. The normalized spacial score (nSPS) is 12.4. The highest BCUT2D eigenvalue weighted by molar-refractivity contribution is 6.38. The van der Waals surface area contributed by atoms with Crippen LogP contribution >= 0.6 is 0 Å². The zero-order valence-corrected chi connectivity index (χ0v) is 23.6. The first-order chi connectivity index (χ1) is 17.9. The first kappa shape index (κ1) is 31.1. The molecule has 0 aliphatic heterocycles. The number of rotatable bonds is 19. The quantitative estimate of drug-likeness (QED) is 0.106. The molecule has 0 fully saturated rings. The summed E-state index contributed by atoms with van der Waals surface area (Å²) < 4.78 is 48.5. The predicted molar refractivity (Wildman–Crippen MR) is 149 cm³/mol. The largest absolute Gasteiger partial charge is 0.788 e. The molecule has 0 aliphatic rings. The summed E-state index contributed by atoms with van der Waals surface area (Å²) in [7, 11) is -1.12. The maximum atomic E-state index is 15.6. The fraction of sp³-hybridized carbons (Fsp3) is 0.600. The summed E-state index contributed by atoms with van der Waals surface area (Å²) >= 11 is 0. The molecular formula is C30H47BF2NO3+. The Labute approximate surface area is 224 Å². The molecule has 0 heterocycles. The van der Waals surface area contributed by atoms with Crippen molar-refractivity contribution < 1.29 is 27.2 Å².